The Hall–Kier alpha value is -3.03. The van der Waals surface area contributed by atoms with Gasteiger partial charge in [0.1, 0.15) is 12.7 Å². The lowest BCUT2D eigenvalue weighted by Crippen LogP contribution is -2.38. The third kappa shape index (κ3) is 3.95. The number of nitrogens with zero attached hydrogens (tertiary/aromatic N) is 5. The fourth-order valence-electron chi connectivity index (χ4n) is 3.52. The summed E-state index contributed by atoms with van der Waals surface area (Å²) in [6.07, 6.45) is 7.19. The monoisotopic (exact) mass is 380 g/mol. The molecular formula is C20H24N6O2. The molecule has 0 aliphatic heterocycles. The van der Waals surface area contributed by atoms with Crippen LogP contribution in [0.25, 0.3) is 11.4 Å². The average Bonchev–Trinajstić information content (AvgIpc) is 3.41. The van der Waals surface area contributed by atoms with Crippen LogP contribution in [0.4, 0.5) is 0 Å². The number of hydrogen-bond donors (Lipinski definition) is 1. The number of amides is 1. The zero-order valence-corrected chi connectivity index (χ0v) is 16.1. The minimum Gasteiger partial charge on any atom is -0.349 e. The maximum Gasteiger partial charge on any atom is 0.251 e. The molecule has 8 heteroatoms. The van der Waals surface area contributed by atoms with Crippen molar-refractivity contribution in [3.63, 3.8) is 0 Å². The summed E-state index contributed by atoms with van der Waals surface area (Å²) in [5.41, 5.74) is 1.47. The molecule has 0 radical (unpaired) electrons. The fraction of sp³-hybridized carbons (Fsp3) is 0.450. The van der Waals surface area contributed by atoms with Gasteiger partial charge in [-0.25, -0.2) is 9.67 Å². The highest BCUT2D eigenvalue weighted by molar-refractivity contribution is 5.94. The standard InChI is InChI=1S/C20H24N6O2/c1-13(2)20-24-18(25-28-20)14-3-5-15(6-4-14)19(27)23-16-7-9-17(10-8-16)26-12-21-11-22-26/h3-6,11-13,16-17H,7-10H2,1-2H3,(H,23,27). The van der Waals surface area contributed by atoms with E-state index in [1.807, 2.05) is 30.7 Å². The Kier molecular flexibility index (Phi) is 5.18. The number of aromatic nitrogens is 5. The van der Waals surface area contributed by atoms with E-state index in [1.165, 1.54) is 0 Å². The van der Waals surface area contributed by atoms with Crippen molar-refractivity contribution >= 4 is 5.91 Å². The molecule has 1 amide bonds. The quantitative estimate of drug-likeness (QED) is 0.729. The second-order valence-electron chi connectivity index (χ2n) is 7.54. The summed E-state index contributed by atoms with van der Waals surface area (Å²) in [6, 6.07) is 7.88. The van der Waals surface area contributed by atoms with E-state index in [0.29, 0.717) is 23.3 Å². The third-order valence-corrected chi connectivity index (χ3v) is 5.18. The minimum absolute atomic E-state index is 0.0493. The summed E-state index contributed by atoms with van der Waals surface area (Å²) in [4.78, 5) is 21.0. The molecule has 1 fully saturated rings. The van der Waals surface area contributed by atoms with Gasteiger partial charge in [-0.15, -0.1) is 0 Å². The Balaban J connectivity index is 1.33. The van der Waals surface area contributed by atoms with E-state index in [1.54, 1.807) is 24.8 Å². The normalized spacial score (nSPS) is 19.7. The number of benzene rings is 1. The SMILES string of the molecule is CC(C)c1nc(-c2ccc(C(=O)NC3CCC(n4cncn4)CC3)cc2)no1. The van der Waals surface area contributed by atoms with Crippen LogP contribution in [0.15, 0.2) is 41.4 Å². The maximum absolute atomic E-state index is 12.6. The van der Waals surface area contributed by atoms with Gasteiger partial charge in [0.05, 0.1) is 6.04 Å². The number of rotatable bonds is 5. The van der Waals surface area contributed by atoms with Crippen LogP contribution in [0.5, 0.6) is 0 Å². The maximum atomic E-state index is 12.6. The third-order valence-electron chi connectivity index (χ3n) is 5.18. The molecule has 2 heterocycles. The second kappa shape index (κ2) is 7.92. The predicted molar refractivity (Wildman–Crippen MR) is 103 cm³/mol. The van der Waals surface area contributed by atoms with Crippen molar-refractivity contribution in [3.05, 3.63) is 48.4 Å². The molecule has 4 rings (SSSR count). The molecule has 1 aliphatic carbocycles. The van der Waals surface area contributed by atoms with Gasteiger partial charge in [0, 0.05) is 23.1 Å². The highest BCUT2D eigenvalue weighted by atomic mass is 16.5. The van der Waals surface area contributed by atoms with Crippen molar-refractivity contribution in [1.82, 2.24) is 30.2 Å². The van der Waals surface area contributed by atoms with Gasteiger partial charge in [0.2, 0.25) is 11.7 Å². The summed E-state index contributed by atoms with van der Waals surface area (Å²) in [6.45, 7) is 4.01. The average molecular weight is 380 g/mol. The molecule has 0 atom stereocenters. The summed E-state index contributed by atoms with van der Waals surface area (Å²) >= 11 is 0. The number of nitrogens with one attached hydrogen (secondary N) is 1. The second-order valence-corrected chi connectivity index (χ2v) is 7.54. The van der Waals surface area contributed by atoms with Crippen LogP contribution >= 0.6 is 0 Å². The summed E-state index contributed by atoms with van der Waals surface area (Å²) in [5, 5.41) is 11.4. The first-order valence-electron chi connectivity index (χ1n) is 9.69. The van der Waals surface area contributed by atoms with Crippen LogP contribution in [0.2, 0.25) is 0 Å². The van der Waals surface area contributed by atoms with Crippen LogP contribution < -0.4 is 5.32 Å². The van der Waals surface area contributed by atoms with Gasteiger partial charge in [-0.1, -0.05) is 31.1 Å². The molecule has 146 valence electrons. The molecular weight excluding hydrogens is 356 g/mol. The Labute approximate surface area is 163 Å². The van der Waals surface area contributed by atoms with Crippen molar-refractivity contribution in [2.75, 3.05) is 0 Å². The van der Waals surface area contributed by atoms with Gasteiger partial charge >= 0.3 is 0 Å². The van der Waals surface area contributed by atoms with E-state index in [0.717, 1.165) is 31.2 Å². The summed E-state index contributed by atoms with van der Waals surface area (Å²) in [7, 11) is 0. The Morgan fingerprint density at radius 3 is 2.54 bits per heavy atom. The van der Waals surface area contributed by atoms with Crippen molar-refractivity contribution in [2.24, 2.45) is 0 Å². The largest absolute Gasteiger partial charge is 0.349 e. The lowest BCUT2D eigenvalue weighted by atomic mass is 9.91. The molecule has 3 aromatic rings. The van der Waals surface area contributed by atoms with E-state index in [9.17, 15) is 4.79 Å². The molecule has 0 unspecified atom stereocenters. The molecule has 0 bridgehead atoms. The van der Waals surface area contributed by atoms with Gasteiger partial charge in [0.25, 0.3) is 5.91 Å². The number of hydrogen-bond acceptors (Lipinski definition) is 6. The van der Waals surface area contributed by atoms with E-state index in [-0.39, 0.29) is 17.9 Å². The van der Waals surface area contributed by atoms with Crippen molar-refractivity contribution in [3.8, 4) is 11.4 Å². The first-order valence-corrected chi connectivity index (χ1v) is 9.69. The zero-order valence-electron chi connectivity index (χ0n) is 16.1. The van der Waals surface area contributed by atoms with E-state index in [4.69, 9.17) is 4.52 Å². The van der Waals surface area contributed by atoms with Gasteiger partial charge in [-0.2, -0.15) is 10.1 Å². The first kappa shape index (κ1) is 18.3. The van der Waals surface area contributed by atoms with Crippen LogP contribution in [-0.2, 0) is 0 Å². The number of carbonyl (C=O) groups is 1. The summed E-state index contributed by atoms with van der Waals surface area (Å²) < 4.78 is 7.16. The van der Waals surface area contributed by atoms with Gasteiger partial charge in [-0.05, 0) is 37.8 Å². The molecule has 0 spiro atoms. The van der Waals surface area contributed by atoms with Gasteiger partial charge < -0.3 is 9.84 Å². The fourth-order valence-corrected chi connectivity index (χ4v) is 3.52. The first-order chi connectivity index (χ1) is 13.6. The Morgan fingerprint density at radius 2 is 1.93 bits per heavy atom. The topological polar surface area (TPSA) is 98.7 Å². The van der Waals surface area contributed by atoms with E-state index >= 15 is 0 Å². The van der Waals surface area contributed by atoms with Crippen molar-refractivity contribution in [1.29, 1.82) is 0 Å². The number of carbonyl (C=O) groups excluding carboxylic acids is 1. The Bertz CT molecular complexity index is 909. The van der Waals surface area contributed by atoms with Gasteiger partial charge in [0.15, 0.2) is 0 Å². The molecule has 1 aromatic carbocycles. The highest BCUT2D eigenvalue weighted by Gasteiger charge is 2.24. The smallest absolute Gasteiger partial charge is 0.251 e. The summed E-state index contributed by atoms with van der Waals surface area (Å²) in [5.74, 6) is 1.29. The molecule has 0 saturated heterocycles. The van der Waals surface area contributed by atoms with Crippen molar-refractivity contribution < 1.29 is 9.32 Å². The van der Waals surface area contributed by atoms with Crippen LogP contribution in [0.1, 0.15) is 67.7 Å². The van der Waals surface area contributed by atoms with Crippen LogP contribution in [0.3, 0.4) is 0 Å². The van der Waals surface area contributed by atoms with E-state index in [2.05, 4.69) is 25.5 Å². The molecule has 28 heavy (non-hydrogen) atoms. The molecule has 8 nitrogen and oxygen atoms in total. The van der Waals surface area contributed by atoms with Crippen LogP contribution in [-0.4, -0.2) is 36.9 Å². The zero-order chi connectivity index (χ0) is 19.5. The molecule has 1 aliphatic rings. The lowest BCUT2D eigenvalue weighted by molar-refractivity contribution is 0.0921. The van der Waals surface area contributed by atoms with Gasteiger partial charge in [-0.3, -0.25) is 4.79 Å². The van der Waals surface area contributed by atoms with Crippen LogP contribution in [0, 0.1) is 0 Å². The lowest BCUT2D eigenvalue weighted by Gasteiger charge is -2.29. The predicted octanol–water partition coefficient (Wildman–Crippen LogP) is 3.37. The highest BCUT2D eigenvalue weighted by Crippen LogP contribution is 2.28. The van der Waals surface area contributed by atoms with Crippen molar-refractivity contribution in [2.45, 2.75) is 57.5 Å². The minimum atomic E-state index is -0.0493. The molecule has 2 aromatic heterocycles. The Morgan fingerprint density at radius 1 is 1.18 bits per heavy atom. The molecule has 1 N–H and O–H groups in total. The van der Waals surface area contributed by atoms with E-state index < -0.39 is 0 Å². The molecule has 1 saturated carbocycles.